The summed E-state index contributed by atoms with van der Waals surface area (Å²) in [5.74, 6) is 0.421. The van der Waals surface area contributed by atoms with Gasteiger partial charge in [0.25, 0.3) is 0 Å². The van der Waals surface area contributed by atoms with Crippen molar-refractivity contribution in [2.45, 2.75) is 6.42 Å². The number of rotatable bonds is 6. The molecule has 4 rings (SSSR count). The van der Waals surface area contributed by atoms with Crippen molar-refractivity contribution in [2.24, 2.45) is 0 Å². The molecule has 2 heterocycles. The van der Waals surface area contributed by atoms with Gasteiger partial charge in [0, 0.05) is 29.3 Å². The first-order valence-corrected chi connectivity index (χ1v) is 8.77. The minimum Gasteiger partial charge on any atom is -0.368 e. The topological polar surface area (TPSA) is 78.5 Å². The predicted molar refractivity (Wildman–Crippen MR) is 105 cm³/mol. The third kappa shape index (κ3) is 3.98. The maximum Gasteiger partial charge on any atom is 0.249 e. The van der Waals surface area contributed by atoms with Crippen molar-refractivity contribution in [1.82, 2.24) is 20.2 Å². The van der Waals surface area contributed by atoms with Crippen LogP contribution in [-0.2, 0) is 6.42 Å². The molecule has 6 nitrogen and oxygen atoms in total. The number of fused-ring (bicyclic) bond motifs is 1. The normalized spacial score (nSPS) is 10.9. The number of para-hydroxylation sites is 1. The molecule has 0 spiro atoms. The summed E-state index contributed by atoms with van der Waals surface area (Å²) >= 11 is 5.78. The van der Waals surface area contributed by atoms with Crippen LogP contribution in [0.3, 0.4) is 0 Å². The zero-order chi connectivity index (χ0) is 18.6. The highest BCUT2D eigenvalue weighted by Crippen LogP contribution is 2.21. The van der Waals surface area contributed by atoms with Crippen molar-refractivity contribution >= 4 is 40.0 Å². The molecule has 0 atom stereocenters. The summed E-state index contributed by atoms with van der Waals surface area (Å²) in [5, 5.41) is 15.3. The van der Waals surface area contributed by atoms with Gasteiger partial charge in [-0.15, -0.1) is 5.10 Å². The molecule has 0 aliphatic rings. The Morgan fingerprint density at radius 1 is 1.15 bits per heavy atom. The molecule has 0 amide bonds. The quantitative estimate of drug-likeness (QED) is 0.456. The number of aromatic nitrogens is 4. The Hall–Kier alpha value is -3.19. The molecular weight excluding hydrogens is 367 g/mol. The van der Waals surface area contributed by atoms with Crippen LogP contribution in [0.1, 0.15) is 5.56 Å². The van der Waals surface area contributed by atoms with E-state index < -0.39 is 5.82 Å². The number of hydrogen-bond donors (Lipinski definition) is 3. The van der Waals surface area contributed by atoms with Crippen LogP contribution in [0.2, 0.25) is 5.02 Å². The van der Waals surface area contributed by atoms with E-state index in [0.29, 0.717) is 24.0 Å². The van der Waals surface area contributed by atoms with Crippen molar-refractivity contribution < 1.29 is 4.39 Å². The molecule has 27 heavy (non-hydrogen) atoms. The van der Waals surface area contributed by atoms with Crippen LogP contribution in [0.25, 0.3) is 10.9 Å². The van der Waals surface area contributed by atoms with Gasteiger partial charge in [-0.05, 0) is 36.2 Å². The van der Waals surface area contributed by atoms with Gasteiger partial charge in [-0.25, -0.2) is 4.39 Å². The minimum atomic E-state index is -0.478. The molecule has 0 aliphatic carbocycles. The Bertz CT molecular complexity index is 1080. The van der Waals surface area contributed by atoms with Crippen molar-refractivity contribution in [3.63, 3.8) is 0 Å². The third-order valence-corrected chi connectivity index (χ3v) is 4.40. The number of nitrogens with one attached hydrogen (secondary N) is 3. The lowest BCUT2D eigenvalue weighted by Gasteiger charge is -2.08. The molecule has 8 heteroatoms. The van der Waals surface area contributed by atoms with Crippen molar-refractivity contribution in [2.75, 3.05) is 17.2 Å². The second kappa shape index (κ2) is 7.59. The lowest BCUT2D eigenvalue weighted by atomic mass is 10.1. The maximum absolute atomic E-state index is 13.2. The van der Waals surface area contributed by atoms with Crippen LogP contribution in [0.5, 0.6) is 0 Å². The first-order chi connectivity index (χ1) is 13.2. The molecule has 2 aromatic carbocycles. The van der Waals surface area contributed by atoms with Crippen molar-refractivity contribution in [3.8, 4) is 0 Å². The maximum atomic E-state index is 13.2. The average Bonchev–Trinajstić information content (AvgIpc) is 3.09. The van der Waals surface area contributed by atoms with Gasteiger partial charge >= 0.3 is 0 Å². The second-order valence-electron chi connectivity index (χ2n) is 5.96. The fourth-order valence-corrected chi connectivity index (χ4v) is 2.99. The summed E-state index contributed by atoms with van der Waals surface area (Å²) in [4.78, 5) is 7.63. The summed E-state index contributed by atoms with van der Waals surface area (Å²) in [6.45, 7) is 0.697. The Morgan fingerprint density at radius 3 is 2.93 bits per heavy atom. The number of hydrogen-bond acceptors (Lipinski definition) is 5. The van der Waals surface area contributed by atoms with E-state index in [1.54, 1.807) is 12.3 Å². The zero-order valence-electron chi connectivity index (χ0n) is 14.2. The lowest BCUT2D eigenvalue weighted by molar-refractivity contribution is 0.628. The molecule has 4 aromatic rings. The molecule has 136 valence electrons. The van der Waals surface area contributed by atoms with Crippen molar-refractivity contribution in [3.05, 3.63) is 71.3 Å². The summed E-state index contributed by atoms with van der Waals surface area (Å²) < 4.78 is 13.2. The molecule has 0 saturated heterocycles. The van der Waals surface area contributed by atoms with Crippen LogP contribution in [0, 0.1) is 5.82 Å². The van der Waals surface area contributed by atoms with E-state index in [0.717, 1.165) is 11.9 Å². The van der Waals surface area contributed by atoms with Crippen LogP contribution >= 0.6 is 11.6 Å². The van der Waals surface area contributed by atoms with Crippen LogP contribution in [-0.4, -0.2) is 26.7 Å². The highest BCUT2D eigenvalue weighted by atomic mass is 35.5. The first kappa shape index (κ1) is 17.2. The van der Waals surface area contributed by atoms with Crippen LogP contribution in [0.4, 0.5) is 21.8 Å². The molecule has 3 N–H and O–H groups in total. The Balaban J connectivity index is 1.39. The summed E-state index contributed by atoms with van der Waals surface area (Å²) in [5.41, 5.74) is 2.94. The Kier molecular flexibility index (Phi) is 4.84. The van der Waals surface area contributed by atoms with E-state index in [1.165, 1.54) is 23.1 Å². The number of halogens is 2. The van der Waals surface area contributed by atoms with E-state index >= 15 is 0 Å². The third-order valence-electron chi connectivity index (χ3n) is 4.11. The summed E-state index contributed by atoms with van der Waals surface area (Å²) in [7, 11) is 0. The zero-order valence-corrected chi connectivity index (χ0v) is 15.0. The number of H-pyrrole nitrogens is 1. The lowest BCUT2D eigenvalue weighted by Crippen LogP contribution is -2.08. The number of anilines is 3. The van der Waals surface area contributed by atoms with Gasteiger partial charge in [0.15, 0.2) is 5.82 Å². The molecule has 0 radical (unpaired) electrons. The van der Waals surface area contributed by atoms with E-state index in [1.807, 2.05) is 18.3 Å². The fraction of sp³-hybridized carbons (Fsp3) is 0.105. The molecule has 0 fully saturated rings. The van der Waals surface area contributed by atoms with Gasteiger partial charge in [-0.2, -0.15) is 10.1 Å². The minimum absolute atomic E-state index is 0.0287. The second-order valence-corrected chi connectivity index (χ2v) is 6.36. The molecular formula is C19H16ClFN6. The number of benzene rings is 2. The number of nitrogens with zero attached hydrogens (tertiary/aromatic N) is 3. The van der Waals surface area contributed by atoms with E-state index in [9.17, 15) is 4.39 Å². The predicted octanol–water partition coefficient (Wildman–Crippen LogP) is 4.54. The molecule has 0 bridgehead atoms. The van der Waals surface area contributed by atoms with Crippen molar-refractivity contribution in [1.29, 1.82) is 0 Å². The highest BCUT2D eigenvalue weighted by Gasteiger charge is 2.06. The Labute approximate surface area is 159 Å². The monoisotopic (exact) mass is 382 g/mol. The summed E-state index contributed by atoms with van der Waals surface area (Å²) in [6.07, 6.45) is 4.41. The van der Waals surface area contributed by atoms with E-state index in [4.69, 9.17) is 11.6 Å². The van der Waals surface area contributed by atoms with Gasteiger partial charge in [0.05, 0.1) is 11.2 Å². The van der Waals surface area contributed by atoms with Gasteiger partial charge < -0.3 is 15.6 Å². The van der Waals surface area contributed by atoms with Gasteiger partial charge in [0.1, 0.15) is 5.82 Å². The van der Waals surface area contributed by atoms with E-state index in [2.05, 4.69) is 42.9 Å². The molecule has 0 unspecified atom stereocenters. The smallest absolute Gasteiger partial charge is 0.249 e. The van der Waals surface area contributed by atoms with Crippen LogP contribution < -0.4 is 10.6 Å². The fourth-order valence-electron chi connectivity index (χ4n) is 2.81. The molecule has 0 aliphatic heterocycles. The highest BCUT2D eigenvalue weighted by molar-refractivity contribution is 6.31. The standard InChI is InChI=1S/C19H16ClFN6/c20-15-9-13(5-6-16(15)21)25-19-26-18(11-24-27-19)22-8-7-12-10-23-17-4-2-1-3-14(12)17/h1-6,9-11,23H,7-8H2,(H2,22,25,26,27). The SMILES string of the molecule is Fc1ccc(Nc2nncc(NCCc3c[nH]c4ccccc34)n2)cc1Cl. The van der Waals surface area contributed by atoms with Gasteiger partial charge in [-0.1, -0.05) is 29.8 Å². The molecule has 0 saturated carbocycles. The average molecular weight is 383 g/mol. The first-order valence-electron chi connectivity index (χ1n) is 8.40. The Morgan fingerprint density at radius 2 is 2.04 bits per heavy atom. The van der Waals surface area contributed by atoms with Gasteiger partial charge in [-0.3, -0.25) is 0 Å². The van der Waals surface area contributed by atoms with E-state index in [-0.39, 0.29) is 5.02 Å². The van der Waals surface area contributed by atoms with Crippen LogP contribution in [0.15, 0.2) is 54.9 Å². The summed E-state index contributed by atoms with van der Waals surface area (Å²) in [6, 6.07) is 12.5. The number of aromatic amines is 1. The molecule has 2 aromatic heterocycles. The largest absolute Gasteiger partial charge is 0.368 e. The van der Waals surface area contributed by atoms with Gasteiger partial charge in [0.2, 0.25) is 5.95 Å².